The fraction of sp³-hybridized carbons (Fsp3) is 0.261. The third-order valence-electron chi connectivity index (χ3n) is 4.69. The average molecular weight is 331 g/mol. The van der Waals surface area contributed by atoms with E-state index in [0.29, 0.717) is 12.3 Å². The molecule has 0 heterocycles. The van der Waals surface area contributed by atoms with Gasteiger partial charge in [0, 0.05) is 12.1 Å². The molecule has 2 nitrogen and oxygen atoms in total. The molecule has 3 aromatic rings. The van der Waals surface area contributed by atoms with E-state index in [1.165, 1.54) is 21.9 Å². The van der Waals surface area contributed by atoms with Gasteiger partial charge in [-0.3, -0.25) is 4.79 Å². The number of carbonyl (C=O) groups is 1. The van der Waals surface area contributed by atoms with Gasteiger partial charge in [-0.15, -0.1) is 0 Å². The van der Waals surface area contributed by atoms with Crippen LogP contribution in [-0.4, -0.2) is 5.91 Å². The van der Waals surface area contributed by atoms with Gasteiger partial charge >= 0.3 is 0 Å². The van der Waals surface area contributed by atoms with E-state index < -0.39 is 0 Å². The molecule has 0 saturated carbocycles. The van der Waals surface area contributed by atoms with Gasteiger partial charge in [0.1, 0.15) is 0 Å². The molecule has 0 fully saturated rings. The topological polar surface area (TPSA) is 29.1 Å². The number of benzene rings is 3. The van der Waals surface area contributed by atoms with Crippen LogP contribution in [0.4, 0.5) is 5.69 Å². The number of anilines is 1. The molecule has 128 valence electrons. The summed E-state index contributed by atoms with van der Waals surface area (Å²) in [6.45, 7) is 6.35. The molecular weight excluding hydrogens is 306 g/mol. The predicted octanol–water partition coefficient (Wildman–Crippen LogP) is 5.84. The summed E-state index contributed by atoms with van der Waals surface area (Å²) in [5, 5.41) is 5.60. The van der Waals surface area contributed by atoms with Gasteiger partial charge in [-0.2, -0.15) is 0 Å². The smallest absolute Gasteiger partial charge is 0.224 e. The van der Waals surface area contributed by atoms with Crippen molar-refractivity contribution < 1.29 is 4.79 Å². The average Bonchev–Trinajstić information content (AvgIpc) is 2.61. The van der Waals surface area contributed by atoms with Gasteiger partial charge in [0.2, 0.25) is 5.91 Å². The molecule has 25 heavy (non-hydrogen) atoms. The lowest BCUT2D eigenvalue weighted by Gasteiger charge is -2.16. The number of amides is 1. The van der Waals surface area contributed by atoms with Gasteiger partial charge in [-0.1, -0.05) is 74.5 Å². The second-order valence-electron chi connectivity index (χ2n) is 6.88. The molecule has 0 unspecified atom stereocenters. The molecule has 1 N–H and O–H groups in total. The van der Waals surface area contributed by atoms with Crippen molar-refractivity contribution in [2.24, 2.45) is 0 Å². The Bertz CT molecular complexity index is 890. The van der Waals surface area contributed by atoms with Crippen LogP contribution in [0.15, 0.2) is 60.7 Å². The summed E-state index contributed by atoms with van der Waals surface area (Å²) in [6, 6.07) is 20.8. The number of rotatable bonds is 5. The highest BCUT2D eigenvalue weighted by atomic mass is 16.1. The summed E-state index contributed by atoms with van der Waals surface area (Å²) in [5.74, 6) is 0.456. The second kappa shape index (κ2) is 7.52. The van der Waals surface area contributed by atoms with Crippen LogP contribution in [0, 0.1) is 6.92 Å². The van der Waals surface area contributed by atoms with Crippen molar-refractivity contribution in [1.82, 2.24) is 0 Å². The van der Waals surface area contributed by atoms with Gasteiger partial charge < -0.3 is 5.32 Å². The third-order valence-corrected chi connectivity index (χ3v) is 4.69. The molecule has 3 rings (SSSR count). The molecule has 0 aromatic heterocycles. The molecule has 1 amide bonds. The Hall–Kier alpha value is -2.61. The molecule has 2 heteroatoms. The number of hydrogen-bond acceptors (Lipinski definition) is 1. The molecular formula is C23H25NO. The monoisotopic (exact) mass is 331 g/mol. The highest BCUT2D eigenvalue weighted by molar-refractivity contribution is 5.93. The van der Waals surface area contributed by atoms with Crippen LogP contribution in [0.3, 0.4) is 0 Å². The van der Waals surface area contributed by atoms with E-state index in [2.05, 4.69) is 61.6 Å². The Morgan fingerprint density at radius 3 is 2.48 bits per heavy atom. The zero-order chi connectivity index (χ0) is 17.8. The number of hydrogen-bond donors (Lipinski definition) is 1. The quantitative estimate of drug-likeness (QED) is 0.625. The summed E-state index contributed by atoms with van der Waals surface area (Å²) in [4.78, 5) is 12.5. The number of fused-ring (bicyclic) bond motifs is 1. The number of carbonyl (C=O) groups excluding carboxylic acids is 1. The Balaban J connectivity index is 1.74. The van der Waals surface area contributed by atoms with Gasteiger partial charge in [0.05, 0.1) is 0 Å². The van der Waals surface area contributed by atoms with Crippen LogP contribution in [0.25, 0.3) is 10.8 Å². The first-order chi connectivity index (χ1) is 12.1. The van der Waals surface area contributed by atoms with Crippen LogP contribution in [0.5, 0.6) is 0 Å². The molecule has 0 atom stereocenters. The Morgan fingerprint density at radius 2 is 1.68 bits per heavy atom. The lowest BCUT2D eigenvalue weighted by atomic mass is 9.97. The zero-order valence-electron chi connectivity index (χ0n) is 15.2. The minimum atomic E-state index is 0.0733. The van der Waals surface area contributed by atoms with E-state index >= 15 is 0 Å². The van der Waals surface area contributed by atoms with E-state index in [1.807, 2.05) is 25.1 Å². The van der Waals surface area contributed by atoms with Gasteiger partial charge in [0.25, 0.3) is 0 Å². The van der Waals surface area contributed by atoms with E-state index in [9.17, 15) is 4.79 Å². The molecule has 0 aliphatic heterocycles. The first-order valence-electron chi connectivity index (χ1n) is 8.92. The minimum Gasteiger partial charge on any atom is -0.326 e. The van der Waals surface area contributed by atoms with E-state index in [4.69, 9.17) is 0 Å². The van der Waals surface area contributed by atoms with E-state index in [0.717, 1.165) is 17.7 Å². The van der Waals surface area contributed by atoms with Crippen LogP contribution >= 0.6 is 0 Å². The highest BCUT2D eigenvalue weighted by Gasteiger charge is 2.12. The lowest BCUT2D eigenvalue weighted by Crippen LogP contribution is -2.15. The molecule has 0 saturated heterocycles. The van der Waals surface area contributed by atoms with Gasteiger partial charge in [-0.25, -0.2) is 0 Å². The molecule has 0 aliphatic rings. The standard InChI is InChI=1S/C23H25NO/c1-16(2)20-13-6-8-17(3)23(20)24-22(25)15-14-19-11-7-10-18-9-4-5-12-21(18)19/h4-13,16H,14-15H2,1-3H3,(H,24,25). The van der Waals surface area contributed by atoms with Crippen molar-refractivity contribution in [2.75, 3.05) is 5.32 Å². The van der Waals surface area contributed by atoms with Crippen molar-refractivity contribution in [3.63, 3.8) is 0 Å². The highest BCUT2D eigenvalue weighted by Crippen LogP contribution is 2.27. The lowest BCUT2D eigenvalue weighted by molar-refractivity contribution is -0.116. The van der Waals surface area contributed by atoms with Crippen molar-refractivity contribution in [3.05, 3.63) is 77.4 Å². The number of aryl methyl sites for hydroxylation is 2. The molecule has 0 bridgehead atoms. The number of para-hydroxylation sites is 1. The van der Waals surface area contributed by atoms with Crippen LogP contribution < -0.4 is 5.32 Å². The summed E-state index contributed by atoms with van der Waals surface area (Å²) >= 11 is 0. The molecule has 0 radical (unpaired) electrons. The Morgan fingerprint density at radius 1 is 0.960 bits per heavy atom. The summed E-state index contributed by atoms with van der Waals surface area (Å²) in [7, 11) is 0. The van der Waals surface area contributed by atoms with Gasteiger partial charge in [-0.05, 0) is 46.7 Å². The molecule has 0 aliphatic carbocycles. The van der Waals surface area contributed by atoms with E-state index in [1.54, 1.807) is 0 Å². The van der Waals surface area contributed by atoms with E-state index in [-0.39, 0.29) is 5.91 Å². The van der Waals surface area contributed by atoms with Crippen molar-refractivity contribution in [3.8, 4) is 0 Å². The first kappa shape index (κ1) is 17.2. The SMILES string of the molecule is Cc1cccc(C(C)C)c1NC(=O)CCc1cccc2ccccc12. The normalized spacial score (nSPS) is 11.0. The number of nitrogens with one attached hydrogen (secondary N) is 1. The summed E-state index contributed by atoms with van der Waals surface area (Å²) in [6.07, 6.45) is 1.23. The largest absolute Gasteiger partial charge is 0.326 e. The maximum atomic E-state index is 12.5. The van der Waals surface area contributed by atoms with Crippen molar-refractivity contribution in [2.45, 2.75) is 39.5 Å². The Kier molecular flexibility index (Phi) is 5.18. The van der Waals surface area contributed by atoms with Gasteiger partial charge in [0.15, 0.2) is 0 Å². The van der Waals surface area contributed by atoms with Crippen LogP contribution in [0.1, 0.15) is 42.9 Å². The van der Waals surface area contributed by atoms with Crippen LogP contribution in [0.2, 0.25) is 0 Å². The third kappa shape index (κ3) is 3.90. The summed E-state index contributed by atoms with van der Waals surface area (Å²) < 4.78 is 0. The maximum absolute atomic E-state index is 12.5. The zero-order valence-corrected chi connectivity index (χ0v) is 15.2. The fourth-order valence-corrected chi connectivity index (χ4v) is 3.30. The Labute approximate surface area is 149 Å². The molecule has 0 spiro atoms. The minimum absolute atomic E-state index is 0.0733. The van der Waals surface area contributed by atoms with Crippen molar-refractivity contribution >= 4 is 22.4 Å². The van der Waals surface area contributed by atoms with Crippen LogP contribution in [-0.2, 0) is 11.2 Å². The summed E-state index contributed by atoms with van der Waals surface area (Å²) in [5.41, 5.74) is 4.51. The fourth-order valence-electron chi connectivity index (χ4n) is 3.30. The second-order valence-corrected chi connectivity index (χ2v) is 6.88. The maximum Gasteiger partial charge on any atom is 0.224 e. The molecule has 3 aromatic carbocycles. The van der Waals surface area contributed by atoms with Crippen molar-refractivity contribution in [1.29, 1.82) is 0 Å². The predicted molar refractivity (Wildman–Crippen MR) is 106 cm³/mol. The first-order valence-corrected chi connectivity index (χ1v) is 8.92.